The van der Waals surface area contributed by atoms with Crippen LogP contribution >= 0.6 is 23.4 Å². The number of rotatable bonds is 4. The highest BCUT2D eigenvalue weighted by molar-refractivity contribution is 7.99. The van der Waals surface area contributed by atoms with Crippen molar-refractivity contribution in [2.75, 3.05) is 13.1 Å². The standard InChI is InChI=1S/C20H21ClN2O3S/c1-13-8-14(2)12-22(11-13)20(24)15-6-7-19(18(9-15)23(25)26)27-17-5-3-4-16(21)10-17/h3-7,9-10,13-14H,8,11-12H2,1-2H3. The van der Waals surface area contributed by atoms with E-state index in [0.29, 0.717) is 40.4 Å². The van der Waals surface area contributed by atoms with Gasteiger partial charge in [0.05, 0.1) is 9.82 Å². The van der Waals surface area contributed by atoms with Crippen LogP contribution in [0.15, 0.2) is 52.3 Å². The maximum atomic E-state index is 12.9. The molecule has 0 radical (unpaired) electrons. The molecule has 2 aromatic rings. The number of nitrogens with zero attached hydrogens (tertiary/aromatic N) is 2. The lowest BCUT2D eigenvalue weighted by Gasteiger charge is -2.35. The van der Waals surface area contributed by atoms with Gasteiger partial charge in [-0.25, -0.2) is 0 Å². The Morgan fingerprint density at radius 2 is 1.89 bits per heavy atom. The lowest BCUT2D eigenvalue weighted by molar-refractivity contribution is -0.387. The second kappa shape index (κ2) is 8.31. The van der Waals surface area contributed by atoms with Gasteiger partial charge in [-0.05, 0) is 48.6 Å². The van der Waals surface area contributed by atoms with Crippen LogP contribution in [0.1, 0.15) is 30.6 Å². The molecule has 0 aromatic heterocycles. The fourth-order valence-corrected chi connectivity index (χ4v) is 4.76. The maximum absolute atomic E-state index is 12.9. The van der Waals surface area contributed by atoms with Gasteiger partial charge in [0.25, 0.3) is 11.6 Å². The number of hydrogen-bond donors (Lipinski definition) is 0. The van der Waals surface area contributed by atoms with Gasteiger partial charge in [-0.3, -0.25) is 14.9 Å². The Labute approximate surface area is 167 Å². The highest BCUT2D eigenvalue weighted by Crippen LogP contribution is 2.36. The van der Waals surface area contributed by atoms with Gasteiger partial charge in [0.1, 0.15) is 0 Å². The molecule has 0 saturated carbocycles. The van der Waals surface area contributed by atoms with Crippen LogP contribution in [-0.2, 0) is 0 Å². The van der Waals surface area contributed by atoms with E-state index in [4.69, 9.17) is 11.6 Å². The molecule has 1 aliphatic rings. The molecule has 2 aromatic carbocycles. The molecule has 0 aliphatic carbocycles. The smallest absolute Gasteiger partial charge is 0.284 e. The summed E-state index contributed by atoms with van der Waals surface area (Å²) in [5.41, 5.74) is 0.294. The first-order valence-corrected chi connectivity index (χ1v) is 10.0. The normalized spacial score (nSPS) is 19.7. The number of halogens is 1. The second-order valence-electron chi connectivity index (χ2n) is 7.16. The fourth-order valence-electron chi connectivity index (χ4n) is 3.55. The number of piperidine rings is 1. The lowest BCUT2D eigenvalue weighted by Crippen LogP contribution is -2.42. The molecule has 5 nitrogen and oxygen atoms in total. The summed E-state index contributed by atoms with van der Waals surface area (Å²) >= 11 is 7.25. The first kappa shape index (κ1) is 19.7. The number of amides is 1. The SMILES string of the molecule is CC1CC(C)CN(C(=O)c2ccc(Sc3cccc(Cl)c3)c([N+](=O)[O-])c2)C1. The second-order valence-corrected chi connectivity index (χ2v) is 8.71. The molecule has 1 heterocycles. The average Bonchev–Trinajstić information content (AvgIpc) is 2.60. The van der Waals surface area contributed by atoms with E-state index in [0.717, 1.165) is 11.3 Å². The van der Waals surface area contributed by atoms with Gasteiger partial charge >= 0.3 is 0 Å². The molecule has 3 rings (SSSR count). The van der Waals surface area contributed by atoms with E-state index in [1.807, 2.05) is 11.0 Å². The summed E-state index contributed by atoms with van der Waals surface area (Å²) in [5, 5.41) is 12.1. The first-order valence-electron chi connectivity index (χ1n) is 8.84. The molecule has 7 heteroatoms. The molecule has 27 heavy (non-hydrogen) atoms. The van der Waals surface area contributed by atoms with Crippen molar-refractivity contribution in [3.63, 3.8) is 0 Å². The van der Waals surface area contributed by atoms with Crippen LogP contribution in [0.2, 0.25) is 5.02 Å². The van der Waals surface area contributed by atoms with Crippen molar-refractivity contribution in [2.45, 2.75) is 30.1 Å². The van der Waals surface area contributed by atoms with Gasteiger partial charge in [0.2, 0.25) is 0 Å². The first-order chi connectivity index (χ1) is 12.8. The zero-order valence-corrected chi connectivity index (χ0v) is 16.8. The number of likely N-dealkylation sites (tertiary alicyclic amines) is 1. The van der Waals surface area contributed by atoms with E-state index in [9.17, 15) is 14.9 Å². The van der Waals surface area contributed by atoms with Gasteiger partial charge in [-0.15, -0.1) is 0 Å². The van der Waals surface area contributed by atoms with Gasteiger partial charge in [-0.1, -0.05) is 43.3 Å². The Morgan fingerprint density at radius 3 is 2.52 bits per heavy atom. The van der Waals surface area contributed by atoms with Crippen molar-refractivity contribution in [1.29, 1.82) is 0 Å². The number of carbonyl (C=O) groups is 1. The number of hydrogen-bond acceptors (Lipinski definition) is 4. The van der Waals surface area contributed by atoms with E-state index in [1.165, 1.54) is 17.8 Å². The molecule has 1 fully saturated rings. The highest BCUT2D eigenvalue weighted by atomic mass is 35.5. The maximum Gasteiger partial charge on any atom is 0.284 e. The van der Waals surface area contributed by atoms with E-state index >= 15 is 0 Å². The third-order valence-corrected chi connectivity index (χ3v) is 5.87. The predicted molar refractivity (Wildman–Crippen MR) is 108 cm³/mol. The summed E-state index contributed by atoms with van der Waals surface area (Å²) in [7, 11) is 0. The summed E-state index contributed by atoms with van der Waals surface area (Å²) in [6.07, 6.45) is 1.10. The van der Waals surface area contributed by atoms with Crippen molar-refractivity contribution in [3.05, 3.63) is 63.2 Å². The van der Waals surface area contributed by atoms with Crippen molar-refractivity contribution >= 4 is 35.0 Å². The zero-order valence-electron chi connectivity index (χ0n) is 15.2. The molecule has 1 amide bonds. The van der Waals surface area contributed by atoms with E-state index in [2.05, 4.69) is 13.8 Å². The van der Waals surface area contributed by atoms with Crippen LogP contribution in [0.5, 0.6) is 0 Å². The van der Waals surface area contributed by atoms with E-state index in [-0.39, 0.29) is 11.6 Å². The number of benzene rings is 2. The molecule has 0 N–H and O–H groups in total. The topological polar surface area (TPSA) is 63.5 Å². The van der Waals surface area contributed by atoms with Crippen LogP contribution in [0.25, 0.3) is 0 Å². The van der Waals surface area contributed by atoms with Crippen LogP contribution in [-0.4, -0.2) is 28.8 Å². The van der Waals surface area contributed by atoms with Gasteiger partial charge in [0, 0.05) is 34.6 Å². The Kier molecular flexibility index (Phi) is 6.07. The van der Waals surface area contributed by atoms with Crippen LogP contribution < -0.4 is 0 Å². The monoisotopic (exact) mass is 404 g/mol. The number of carbonyl (C=O) groups excluding carboxylic acids is 1. The van der Waals surface area contributed by atoms with E-state index in [1.54, 1.807) is 30.3 Å². The van der Waals surface area contributed by atoms with Crippen LogP contribution in [0.4, 0.5) is 5.69 Å². The Hall–Kier alpha value is -2.05. The minimum absolute atomic E-state index is 0.0658. The average molecular weight is 405 g/mol. The minimum Gasteiger partial charge on any atom is -0.338 e. The summed E-state index contributed by atoms with van der Waals surface area (Å²) < 4.78 is 0. The lowest BCUT2D eigenvalue weighted by atomic mass is 9.91. The Balaban J connectivity index is 1.87. The summed E-state index contributed by atoms with van der Waals surface area (Å²) in [6, 6.07) is 11.9. The van der Waals surface area contributed by atoms with Crippen LogP contribution in [0, 0.1) is 22.0 Å². The fraction of sp³-hybridized carbons (Fsp3) is 0.350. The van der Waals surface area contributed by atoms with Crippen molar-refractivity contribution in [3.8, 4) is 0 Å². The zero-order chi connectivity index (χ0) is 19.6. The van der Waals surface area contributed by atoms with E-state index < -0.39 is 4.92 Å². The molecule has 142 valence electrons. The third-order valence-electron chi connectivity index (χ3n) is 4.58. The highest BCUT2D eigenvalue weighted by Gasteiger charge is 2.27. The largest absolute Gasteiger partial charge is 0.338 e. The van der Waals surface area contributed by atoms with Crippen molar-refractivity contribution in [1.82, 2.24) is 4.90 Å². The Bertz CT molecular complexity index is 864. The van der Waals surface area contributed by atoms with Gasteiger partial charge in [0.15, 0.2) is 0 Å². The quantitative estimate of drug-likeness (QED) is 0.497. The molecule has 2 atom stereocenters. The minimum atomic E-state index is -0.439. The van der Waals surface area contributed by atoms with Crippen molar-refractivity contribution < 1.29 is 9.72 Å². The molecule has 0 bridgehead atoms. The summed E-state index contributed by atoms with van der Waals surface area (Å²) in [6.45, 7) is 5.64. The predicted octanol–water partition coefficient (Wildman–Crippen LogP) is 5.52. The number of nitro benzene ring substituents is 1. The van der Waals surface area contributed by atoms with Crippen LogP contribution in [0.3, 0.4) is 0 Å². The van der Waals surface area contributed by atoms with Gasteiger partial charge in [-0.2, -0.15) is 0 Å². The third kappa shape index (κ3) is 4.82. The molecule has 2 unspecified atom stereocenters. The molecular formula is C20H21ClN2O3S. The number of nitro groups is 1. The molecule has 1 aliphatic heterocycles. The summed E-state index contributed by atoms with van der Waals surface area (Å²) in [4.78, 5) is 27.1. The molecule has 0 spiro atoms. The summed E-state index contributed by atoms with van der Waals surface area (Å²) in [5.74, 6) is 0.728. The van der Waals surface area contributed by atoms with Gasteiger partial charge < -0.3 is 4.90 Å². The molecule has 1 saturated heterocycles. The Morgan fingerprint density at radius 1 is 1.19 bits per heavy atom. The molecular weight excluding hydrogens is 384 g/mol. The van der Waals surface area contributed by atoms with Crippen molar-refractivity contribution in [2.24, 2.45) is 11.8 Å².